The van der Waals surface area contributed by atoms with E-state index in [-0.39, 0.29) is 18.4 Å². The number of hydrogen-bond acceptors (Lipinski definition) is 3. The first kappa shape index (κ1) is 15.8. The van der Waals surface area contributed by atoms with E-state index in [9.17, 15) is 9.59 Å². The zero-order chi connectivity index (χ0) is 14.1. The molecule has 0 saturated heterocycles. The van der Waals surface area contributed by atoms with E-state index in [4.69, 9.17) is 0 Å². The fourth-order valence-corrected chi connectivity index (χ4v) is 2.04. The molecule has 4 nitrogen and oxygen atoms in total. The van der Waals surface area contributed by atoms with Crippen LogP contribution in [0.3, 0.4) is 0 Å². The van der Waals surface area contributed by atoms with Gasteiger partial charge in [0.15, 0.2) is 0 Å². The summed E-state index contributed by atoms with van der Waals surface area (Å²) >= 11 is 4.76. The average Bonchev–Trinajstić information content (AvgIpc) is 2.39. The van der Waals surface area contributed by atoms with Crippen LogP contribution in [0, 0.1) is 0 Å². The molecule has 1 aromatic rings. The summed E-state index contributed by atoms with van der Waals surface area (Å²) in [4.78, 5) is 22.9. The Hall–Kier alpha value is -1.27. The topological polar surface area (TPSA) is 58.2 Å². The number of anilines is 1. The van der Waals surface area contributed by atoms with Crippen LogP contribution in [-0.2, 0) is 9.59 Å². The van der Waals surface area contributed by atoms with Gasteiger partial charge in [-0.05, 0) is 24.3 Å². The normalized spacial score (nSPS) is 9.74. The van der Waals surface area contributed by atoms with Crippen molar-refractivity contribution in [1.82, 2.24) is 5.32 Å². The summed E-state index contributed by atoms with van der Waals surface area (Å²) in [5.74, 6) is 0.651. The Morgan fingerprint density at radius 2 is 1.95 bits per heavy atom. The van der Waals surface area contributed by atoms with Crippen LogP contribution in [0.25, 0.3) is 0 Å². The average molecular weight is 343 g/mol. The van der Waals surface area contributed by atoms with Gasteiger partial charge in [0.25, 0.3) is 0 Å². The number of hydrogen-bond donors (Lipinski definition) is 2. The van der Waals surface area contributed by atoms with Gasteiger partial charge in [-0.1, -0.05) is 22.0 Å². The van der Waals surface area contributed by atoms with Crippen LogP contribution in [0.5, 0.6) is 0 Å². The number of benzene rings is 1. The predicted octanol–water partition coefficient (Wildman–Crippen LogP) is 2.42. The summed E-state index contributed by atoms with van der Waals surface area (Å²) in [6, 6.07) is 7.23. The lowest BCUT2D eigenvalue weighted by Gasteiger charge is -2.06. The molecule has 0 unspecified atom stereocenters. The molecule has 0 fully saturated rings. The first-order valence-corrected chi connectivity index (χ1v) is 7.57. The lowest BCUT2D eigenvalue weighted by Crippen LogP contribution is -2.33. The van der Waals surface area contributed by atoms with Gasteiger partial charge in [0.1, 0.15) is 0 Å². The SMILES string of the molecule is C=CCSCC(=O)NCC(=O)Nc1ccc(Br)cc1. The highest BCUT2D eigenvalue weighted by Gasteiger charge is 2.05. The largest absolute Gasteiger partial charge is 0.346 e. The van der Waals surface area contributed by atoms with Crippen molar-refractivity contribution in [1.29, 1.82) is 0 Å². The molecule has 0 bridgehead atoms. The van der Waals surface area contributed by atoms with Crippen molar-refractivity contribution >= 4 is 45.2 Å². The first-order chi connectivity index (χ1) is 9.11. The summed E-state index contributed by atoms with van der Waals surface area (Å²) in [6.45, 7) is 3.54. The van der Waals surface area contributed by atoms with E-state index in [1.54, 1.807) is 18.2 Å². The van der Waals surface area contributed by atoms with Gasteiger partial charge in [-0.15, -0.1) is 18.3 Å². The fourth-order valence-electron chi connectivity index (χ4n) is 1.20. The number of carbonyl (C=O) groups is 2. The number of rotatable bonds is 7. The first-order valence-electron chi connectivity index (χ1n) is 5.62. The number of thioether (sulfide) groups is 1. The fraction of sp³-hybridized carbons (Fsp3) is 0.231. The molecule has 2 amide bonds. The van der Waals surface area contributed by atoms with Crippen LogP contribution < -0.4 is 10.6 Å². The van der Waals surface area contributed by atoms with Crippen molar-refractivity contribution in [2.75, 3.05) is 23.4 Å². The van der Waals surface area contributed by atoms with E-state index in [2.05, 4.69) is 33.1 Å². The molecule has 102 valence electrons. The summed E-state index contributed by atoms with van der Waals surface area (Å²) in [5, 5.41) is 5.25. The van der Waals surface area contributed by atoms with Crippen LogP contribution in [-0.4, -0.2) is 29.9 Å². The lowest BCUT2D eigenvalue weighted by atomic mass is 10.3. The molecule has 0 saturated carbocycles. The van der Waals surface area contributed by atoms with Crippen LogP contribution in [0.15, 0.2) is 41.4 Å². The van der Waals surface area contributed by atoms with Crippen molar-refractivity contribution in [3.63, 3.8) is 0 Å². The molecule has 19 heavy (non-hydrogen) atoms. The minimum absolute atomic E-state index is 0.0243. The second-order valence-corrected chi connectivity index (χ2v) is 5.58. The van der Waals surface area contributed by atoms with E-state index >= 15 is 0 Å². The number of nitrogens with one attached hydrogen (secondary N) is 2. The van der Waals surface area contributed by atoms with E-state index in [1.165, 1.54) is 11.8 Å². The Morgan fingerprint density at radius 3 is 2.58 bits per heavy atom. The second kappa shape index (κ2) is 8.77. The molecule has 0 heterocycles. The van der Waals surface area contributed by atoms with Gasteiger partial charge >= 0.3 is 0 Å². The summed E-state index contributed by atoms with van der Waals surface area (Å²) in [7, 11) is 0. The smallest absolute Gasteiger partial charge is 0.243 e. The van der Waals surface area contributed by atoms with Crippen molar-refractivity contribution in [2.24, 2.45) is 0 Å². The van der Waals surface area contributed by atoms with E-state index < -0.39 is 0 Å². The van der Waals surface area contributed by atoms with Crippen molar-refractivity contribution < 1.29 is 9.59 Å². The minimum atomic E-state index is -0.246. The minimum Gasteiger partial charge on any atom is -0.346 e. The van der Waals surface area contributed by atoms with Crippen LogP contribution in [0.1, 0.15) is 0 Å². The number of amides is 2. The monoisotopic (exact) mass is 342 g/mol. The van der Waals surface area contributed by atoms with Gasteiger partial charge in [-0.2, -0.15) is 0 Å². The Labute approximate surface area is 125 Å². The summed E-state index contributed by atoms with van der Waals surface area (Å²) in [6.07, 6.45) is 1.73. The van der Waals surface area contributed by atoms with E-state index in [0.29, 0.717) is 11.4 Å². The maximum Gasteiger partial charge on any atom is 0.243 e. The van der Waals surface area contributed by atoms with Gasteiger partial charge in [-0.3, -0.25) is 9.59 Å². The van der Waals surface area contributed by atoms with Crippen molar-refractivity contribution in [2.45, 2.75) is 0 Å². The highest BCUT2D eigenvalue weighted by Crippen LogP contribution is 2.13. The van der Waals surface area contributed by atoms with Gasteiger partial charge in [0.05, 0.1) is 12.3 Å². The molecule has 0 atom stereocenters. The molecule has 0 aliphatic rings. The Bertz CT molecular complexity index is 448. The molecule has 0 aromatic heterocycles. The Balaban J connectivity index is 2.26. The van der Waals surface area contributed by atoms with Gasteiger partial charge < -0.3 is 10.6 Å². The predicted molar refractivity (Wildman–Crippen MR) is 83.3 cm³/mol. The van der Waals surface area contributed by atoms with E-state index in [1.807, 2.05) is 12.1 Å². The van der Waals surface area contributed by atoms with Gasteiger partial charge in [0.2, 0.25) is 11.8 Å². The molecule has 1 aromatic carbocycles. The van der Waals surface area contributed by atoms with Crippen LogP contribution in [0.2, 0.25) is 0 Å². The van der Waals surface area contributed by atoms with E-state index in [0.717, 1.165) is 10.2 Å². The molecule has 1 rings (SSSR count). The standard InChI is InChI=1S/C13H15BrN2O2S/c1-2-7-19-9-13(18)15-8-12(17)16-11-5-3-10(14)4-6-11/h2-6H,1,7-9H2,(H,15,18)(H,16,17). The molecule has 0 spiro atoms. The summed E-state index contributed by atoms with van der Waals surface area (Å²) in [5.41, 5.74) is 0.698. The number of carbonyl (C=O) groups excluding carboxylic acids is 2. The van der Waals surface area contributed by atoms with Crippen LogP contribution in [0.4, 0.5) is 5.69 Å². The van der Waals surface area contributed by atoms with Crippen LogP contribution >= 0.6 is 27.7 Å². The molecular weight excluding hydrogens is 328 g/mol. The zero-order valence-corrected chi connectivity index (χ0v) is 12.7. The highest BCUT2D eigenvalue weighted by molar-refractivity contribution is 9.10. The molecule has 6 heteroatoms. The third kappa shape index (κ3) is 7.03. The zero-order valence-electron chi connectivity index (χ0n) is 10.3. The third-order valence-corrected chi connectivity index (χ3v) is 3.51. The van der Waals surface area contributed by atoms with Gasteiger partial charge in [0, 0.05) is 15.9 Å². The maximum absolute atomic E-state index is 11.6. The third-order valence-electron chi connectivity index (χ3n) is 2.04. The lowest BCUT2D eigenvalue weighted by molar-refractivity contribution is -0.122. The molecular formula is C13H15BrN2O2S. The molecule has 0 radical (unpaired) electrons. The van der Waals surface area contributed by atoms with Gasteiger partial charge in [-0.25, -0.2) is 0 Å². The highest BCUT2D eigenvalue weighted by atomic mass is 79.9. The molecule has 2 N–H and O–H groups in total. The Kier molecular flexibility index (Phi) is 7.28. The molecule has 0 aliphatic carbocycles. The molecule has 0 aliphatic heterocycles. The number of halogens is 1. The quantitative estimate of drug-likeness (QED) is 0.591. The Morgan fingerprint density at radius 1 is 1.26 bits per heavy atom. The summed E-state index contributed by atoms with van der Waals surface area (Å²) < 4.78 is 0.943. The van der Waals surface area contributed by atoms with Crippen molar-refractivity contribution in [3.8, 4) is 0 Å². The van der Waals surface area contributed by atoms with Crippen molar-refractivity contribution in [3.05, 3.63) is 41.4 Å². The second-order valence-electron chi connectivity index (χ2n) is 3.64. The maximum atomic E-state index is 11.6.